The largest absolute Gasteiger partial charge is 0.291 e. The number of fused-ring (bicyclic) bond motifs is 1. The van der Waals surface area contributed by atoms with Gasteiger partial charge >= 0.3 is 0 Å². The zero-order chi connectivity index (χ0) is 14.1. The predicted octanol–water partition coefficient (Wildman–Crippen LogP) is 5.25. The average molecular weight is 411 g/mol. The van der Waals surface area contributed by atoms with Crippen molar-refractivity contribution in [3.05, 3.63) is 62.0 Å². The fraction of sp³-hybridized carbons (Fsp3) is 0.0667. The third kappa shape index (κ3) is 2.85. The Morgan fingerprint density at radius 2 is 1.90 bits per heavy atom. The van der Waals surface area contributed by atoms with Crippen LogP contribution >= 0.6 is 43.2 Å². The second-order valence-corrected chi connectivity index (χ2v) is 7.07. The number of benzene rings is 2. The van der Waals surface area contributed by atoms with E-state index in [1.54, 1.807) is 0 Å². The highest BCUT2D eigenvalue weighted by Gasteiger charge is 2.13. The summed E-state index contributed by atoms with van der Waals surface area (Å²) in [4.78, 5) is 16.7. The topological polar surface area (TPSA) is 30.0 Å². The summed E-state index contributed by atoms with van der Waals surface area (Å²) in [5.74, 6) is 0.0559. The summed E-state index contributed by atoms with van der Waals surface area (Å²) >= 11 is 8.32. The Morgan fingerprint density at radius 1 is 1.10 bits per heavy atom. The maximum Gasteiger partial charge on any atom is 0.195 e. The lowest BCUT2D eigenvalue weighted by Gasteiger charge is -2.01. The lowest BCUT2D eigenvalue weighted by atomic mass is 10.1. The second kappa shape index (κ2) is 5.76. The first-order valence-electron chi connectivity index (χ1n) is 5.96. The molecule has 0 N–H and O–H groups in total. The van der Waals surface area contributed by atoms with Gasteiger partial charge in [0.25, 0.3) is 0 Å². The first kappa shape index (κ1) is 13.9. The number of carbonyl (C=O) groups excluding carboxylic acids is 1. The molecule has 3 rings (SSSR count). The molecule has 0 radical (unpaired) electrons. The van der Waals surface area contributed by atoms with Crippen LogP contribution < -0.4 is 0 Å². The first-order chi connectivity index (χ1) is 9.63. The molecule has 1 aromatic heterocycles. The van der Waals surface area contributed by atoms with E-state index in [4.69, 9.17) is 0 Å². The highest BCUT2D eigenvalue weighted by atomic mass is 79.9. The van der Waals surface area contributed by atoms with Crippen molar-refractivity contribution in [3.8, 4) is 0 Å². The highest BCUT2D eigenvalue weighted by Crippen LogP contribution is 2.26. The fourth-order valence-corrected chi connectivity index (χ4v) is 3.48. The van der Waals surface area contributed by atoms with Gasteiger partial charge in [0.15, 0.2) is 10.8 Å². The van der Waals surface area contributed by atoms with E-state index in [-0.39, 0.29) is 5.78 Å². The van der Waals surface area contributed by atoms with E-state index in [9.17, 15) is 4.79 Å². The van der Waals surface area contributed by atoms with Gasteiger partial charge in [-0.25, -0.2) is 4.98 Å². The molecule has 1 heterocycles. The van der Waals surface area contributed by atoms with E-state index in [1.807, 2.05) is 42.5 Å². The van der Waals surface area contributed by atoms with Crippen molar-refractivity contribution in [2.24, 2.45) is 0 Å². The molecule has 5 heteroatoms. The molecule has 0 atom stereocenters. The molecule has 100 valence electrons. The number of hydrogen-bond acceptors (Lipinski definition) is 3. The van der Waals surface area contributed by atoms with Crippen LogP contribution in [0.1, 0.15) is 15.4 Å². The highest BCUT2D eigenvalue weighted by molar-refractivity contribution is 9.13. The Hall–Kier alpha value is -1.04. The van der Waals surface area contributed by atoms with Gasteiger partial charge in [0, 0.05) is 15.4 Å². The molecular formula is C15H9Br2NOS. The van der Waals surface area contributed by atoms with Crippen LogP contribution in [0.15, 0.2) is 51.4 Å². The van der Waals surface area contributed by atoms with Crippen molar-refractivity contribution >= 4 is 59.2 Å². The minimum absolute atomic E-state index is 0.0559. The molecule has 0 spiro atoms. The van der Waals surface area contributed by atoms with Gasteiger partial charge in [0.2, 0.25) is 0 Å². The summed E-state index contributed by atoms with van der Waals surface area (Å²) in [5, 5.41) is 0.574. The molecule has 20 heavy (non-hydrogen) atoms. The molecule has 0 fully saturated rings. The standard InChI is InChI=1S/C15H9Br2NOS/c16-10-6-5-9(7-11(10)17)8-13(19)15-18-12-3-1-2-4-14(12)20-15/h1-7H,8H2. The summed E-state index contributed by atoms with van der Waals surface area (Å²) in [7, 11) is 0. The third-order valence-electron chi connectivity index (χ3n) is 2.88. The zero-order valence-corrected chi connectivity index (χ0v) is 14.3. The van der Waals surface area contributed by atoms with Gasteiger partial charge in [0.05, 0.1) is 10.2 Å². The third-order valence-corrected chi connectivity index (χ3v) is 5.84. The molecular weight excluding hydrogens is 402 g/mol. The van der Waals surface area contributed by atoms with E-state index < -0.39 is 0 Å². The van der Waals surface area contributed by atoms with Gasteiger partial charge in [-0.05, 0) is 61.7 Å². The summed E-state index contributed by atoms with van der Waals surface area (Å²) in [6, 6.07) is 13.6. The van der Waals surface area contributed by atoms with Gasteiger partial charge in [-0.1, -0.05) is 18.2 Å². The maximum absolute atomic E-state index is 12.3. The van der Waals surface area contributed by atoms with Crippen molar-refractivity contribution in [1.82, 2.24) is 4.98 Å². The number of aromatic nitrogens is 1. The molecule has 0 aliphatic carbocycles. The van der Waals surface area contributed by atoms with E-state index >= 15 is 0 Å². The number of nitrogens with zero attached hydrogens (tertiary/aromatic N) is 1. The summed E-state index contributed by atoms with van der Waals surface area (Å²) < 4.78 is 2.98. The van der Waals surface area contributed by atoms with Crippen LogP contribution in [0.4, 0.5) is 0 Å². The van der Waals surface area contributed by atoms with Gasteiger partial charge in [-0.3, -0.25) is 4.79 Å². The van der Waals surface area contributed by atoms with Crippen LogP contribution in [0, 0.1) is 0 Å². The maximum atomic E-state index is 12.3. The molecule has 0 saturated heterocycles. The summed E-state index contributed by atoms with van der Waals surface area (Å²) in [6.45, 7) is 0. The number of thiazole rings is 1. The molecule has 0 amide bonds. The molecule has 0 aliphatic rings. The van der Waals surface area contributed by atoms with E-state index in [1.165, 1.54) is 11.3 Å². The molecule has 0 unspecified atom stereocenters. The van der Waals surface area contributed by atoms with E-state index in [0.717, 1.165) is 24.7 Å². The molecule has 2 nitrogen and oxygen atoms in total. The van der Waals surface area contributed by atoms with Crippen LogP contribution in [0.25, 0.3) is 10.2 Å². The summed E-state index contributed by atoms with van der Waals surface area (Å²) in [6.07, 6.45) is 0.367. The lowest BCUT2D eigenvalue weighted by Crippen LogP contribution is -2.02. The van der Waals surface area contributed by atoms with Crippen LogP contribution in [-0.4, -0.2) is 10.8 Å². The van der Waals surface area contributed by atoms with E-state index in [0.29, 0.717) is 11.4 Å². The fourth-order valence-electron chi connectivity index (χ4n) is 1.90. The van der Waals surface area contributed by atoms with Crippen LogP contribution in [0.3, 0.4) is 0 Å². The summed E-state index contributed by atoms with van der Waals surface area (Å²) in [5.41, 5.74) is 1.86. The Bertz CT molecular complexity index is 764. The minimum atomic E-state index is 0.0559. The lowest BCUT2D eigenvalue weighted by molar-refractivity contribution is 0.0993. The predicted molar refractivity (Wildman–Crippen MR) is 89.5 cm³/mol. The van der Waals surface area contributed by atoms with Crippen molar-refractivity contribution in [3.63, 3.8) is 0 Å². The average Bonchev–Trinajstić information content (AvgIpc) is 2.87. The molecule has 0 bridgehead atoms. The van der Waals surface area contributed by atoms with Crippen molar-refractivity contribution < 1.29 is 4.79 Å². The Kier molecular flexibility index (Phi) is 4.01. The van der Waals surface area contributed by atoms with Gasteiger partial charge < -0.3 is 0 Å². The second-order valence-electron chi connectivity index (χ2n) is 4.34. The Balaban J connectivity index is 1.86. The van der Waals surface area contributed by atoms with Crippen molar-refractivity contribution in [2.75, 3.05) is 0 Å². The first-order valence-corrected chi connectivity index (χ1v) is 8.36. The number of ketones is 1. The number of hydrogen-bond donors (Lipinski definition) is 0. The Labute approximate surface area is 137 Å². The SMILES string of the molecule is O=C(Cc1ccc(Br)c(Br)c1)c1nc2ccccc2s1. The van der Waals surface area contributed by atoms with Crippen molar-refractivity contribution in [1.29, 1.82) is 0 Å². The Morgan fingerprint density at radius 3 is 2.65 bits per heavy atom. The smallest absolute Gasteiger partial charge is 0.195 e. The van der Waals surface area contributed by atoms with Crippen LogP contribution in [-0.2, 0) is 6.42 Å². The van der Waals surface area contributed by atoms with Crippen LogP contribution in [0.2, 0.25) is 0 Å². The molecule has 0 aliphatic heterocycles. The molecule has 2 aromatic carbocycles. The minimum Gasteiger partial charge on any atom is -0.291 e. The van der Waals surface area contributed by atoms with Gasteiger partial charge in [-0.2, -0.15) is 0 Å². The van der Waals surface area contributed by atoms with Gasteiger partial charge in [0.1, 0.15) is 0 Å². The molecule has 3 aromatic rings. The number of rotatable bonds is 3. The normalized spacial score (nSPS) is 10.9. The number of carbonyl (C=O) groups is 1. The molecule has 0 saturated carbocycles. The van der Waals surface area contributed by atoms with E-state index in [2.05, 4.69) is 36.8 Å². The number of Topliss-reactive ketones (excluding diaryl/α,β-unsaturated/α-hetero) is 1. The van der Waals surface area contributed by atoms with Crippen molar-refractivity contribution in [2.45, 2.75) is 6.42 Å². The number of halogens is 2. The zero-order valence-electron chi connectivity index (χ0n) is 10.3. The number of para-hydroxylation sites is 1. The monoisotopic (exact) mass is 409 g/mol. The quantitative estimate of drug-likeness (QED) is 0.552. The van der Waals surface area contributed by atoms with Crippen LogP contribution in [0.5, 0.6) is 0 Å². The van der Waals surface area contributed by atoms with Gasteiger partial charge in [-0.15, -0.1) is 11.3 Å².